The smallest absolute Gasteiger partial charge is 0.107 e. The van der Waals surface area contributed by atoms with E-state index in [9.17, 15) is 0 Å². The molecule has 1 fully saturated rings. The predicted octanol–water partition coefficient (Wildman–Crippen LogP) is 4.03. The van der Waals surface area contributed by atoms with Crippen LogP contribution in [0.4, 0.5) is 5.69 Å². The fraction of sp³-hybridized carbons (Fsp3) is 0.533. The fourth-order valence-electron chi connectivity index (χ4n) is 2.74. The number of benzene rings is 1. The van der Waals surface area contributed by atoms with Gasteiger partial charge in [0.05, 0.1) is 0 Å². The van der Waals surface area contributed by atoms with Crippen molar-refractivity contribution >= 4 is 34.7 Å². The van der Waals surface area contributed by atoms with Crippen LogP contribution >= 0.6 is 24.0 Å². The molecule has 2 rings (SSSR count). The molecule has 3 N–H and O–H groups in total. The molecular weight excluding hydrogens is 272 g/mol. The molecule has 0 radical (unpaired) electrons. The number of nitrogens with two attached hydrogens (primary N) is 1. The summed E-state index contributed by atoms with van der Waals surface area (Å²) in [5, 5.41) is 3.64. The zero-order chi connectivity index (χ0) is 13.8. The molecule has 0 bridgehead atoms. The second-order valence-corrected chi connectivity index (χ2v) is 6.98. The van der Waals surface area contributed by atoms with Crippen LogP contribution in [0.1, 0.15) is 38.7 Å². The number of hydrogen-bond donors (Lipinski definition) is 2. The van der Waals surface area contributed by atoms with Gasteiger partial charge in [-0.15, -0.1) is 11.8 Å². The van der Waals surface area contributed by atoms with Crippen molar-refractivity contribution in [1.82, 2.24) is 0 Å². The molecule has 0 aromatic heterocycles. The molecule has 0 aliphatic heterocycles. The normalized spacial score (nSPS) is 22.4. The lowest BCUT2D eigenvalue weighted by Crippen LogP contribution is -2.20. The van der Waals surface area contributed by atoms with Gasteiger partial charge in [-0.2, -0.15) is 0 Å². The van der Waals surface area contributed by atoms with Gasteiger partial charge >= 0.3 is 0 Å². The van der Waals surface area contributed by atoms with E-state index in [0.717, 1.165) is 22.9 Å². The minimum Gasteiger partial charge on any atom is -0.389 e. The molecule has 0 amide bonds. The van der Waals surface area contributed by atoms with E-state index < -0.39 is 0 Å². The molecule has 0 saturated heterocycles. The number of hydrogen-bond acceptors (Lipinski definition) is 3. The Hall–Kier alpha value is -0.740. The van der Waals surface area contributed by atoms with Crippen LogP contribution in [-0.4, -0.2) is 16.8 Å². The van der Waals surface area contributed by atoms with Crippen molar-refractivity contribution in [3.63, 3.8) is 0 Å². The Balaban J connectivity index is 2.23. The maximum atomic E-state index is 5.93. The summed E-state index contributed by atoms with van der Waals surface area (Å²) in [4.78, 5) is 1.68. The van der Waals surface area contributed by atoms with Crippen molar-refractivity contribution < 1.29 is 0 Å². The Morgan fingerprint density at radius 3 is 2.84 bits per heavy atom. The summed E-state index contributed by atoms with van der Waals surface area (Å²) in [7, 11) is 0. The fourth-order valence-corrected chi connectivity index (χ4v) is 3.87. The van der Waals surface area contributed by atoms with Gasteiger partial charge in [0, 0.05) is 22.2 Å². The Labute approximate surface area is 125 Å². The second kappa shape index (κ2) is 6.62. The minimum absolute atomic E-state index is 0.491. The first kappa shape index (κ1) is 14.7. The summed E-state index contributed by atoms with van der Waals surface area (Å²) < 4.78 is 0. The average Bonchev–Trinajstić information content (AvgIpc) is 2.75. The topological polar surface area (TPSA) is 38.0 Å². The van der Waals surface area contributed by atoms with Crippen molar-refractivity contribution in [3.8, 4) is 0 Å². The third-order valence-electron chi connectivity index (χ3n) is 3.63. The summed E-state index contributed by atoms with van der Waals surface area (Å²) in [5.74, 6) is 1.85. The summed E-state index contributed by atoms with van der Waals surface area (Å²) in [6.07, 6.45) is 3.79. The molecule has 104 valence electrons. The van der Waals surface area contributed by atoms with Crippen LogP contribution in [0, 0.1) is 5.92 Å². The number of thiocarbonyl (C=S) groups is 1. The van der Waals surface area contributed by atoms with Crippen molar-refractivity contribution in [2.45, 2.75) is 44.0 Å². The first-order chi connectivity index (χ1) is 9.11. The van der Waals surface area contributed by atoms with Crippen LogP contribution in [0.5, 0.6) is 0 Å². The molecule has 2 nitrogen and oxygen atoms in total. The molecular formula is C15H22N2S2. The van der Waals surface area contributed by atoms with Gasteiger partial charge in [-0.05, 0) is 43.1 Å². The molecule has 4 heteroatoms. The van der Waals surface area contributed by atoms with E-state index in [0.29, 0.717) is 11.0 Å². The van der Waals surface area contributed by atoms with Gasteiger partial charge < -0.3 is 11.1 Å². The lowest BCUT2D eigenvalue weighted by atomic mass is 10.1. The maximum absolute atomic E-state index is 5.93. The van der Waals surface area contributed by atoms with Gasteiger partial charge in [-0.1, -0.05) is 32.1 Å². The summed E-state index contributed by atoms with van der Waals surface area (Å²) in [5.41, 5.74) is 8.04. The van der Waals surface area contributed by atoms with E-state index in [-0.39, 0.29) is 0 Å². The van der Waals surface area contributed by atoms with Crippen molar-refractivity contribution in [2.75, 3.05) is 11.1 Å². The molecule has 1 aromatic carbocycles. The van der Waals surface area contributed by atoms with E-state index in [4.69, 9.17) is 18.0 Å². The summed E-state index contributed by atoms with van der Waals surface area (Å²) >= 11 is 7.04. The zero-order valence-electron chi connectivity index (χ0n) is 11.6. The van der Waals surface area contributed by atoms with Crippen LogP contribution in [0.25, 0.3) is 0 Å². The molecule has 0 spiro atoms. The van der Waals surface area contributed by atoms with E-state index in [1.807, 2.05) is 0 Å². The van der Waals surface area contributed by atoms with Crippen molar-refractivity contribution in [3.05, 3.63) is 23.8 Å². The minimum atomic E-state index is 0.491. The number of anilines is 1. The van der Waals surface area contributed by atoms with Crippen molar-refractivity contribution in [1.29, 1.82) is 0 Å². The standard InChI is InChI=1S/C15H22N2S2/c1-3-19-13-6-4-5-12(14(13)15(16)18)17-11-8-7-10(2)9-11/h4-6,10-11,17H,3,7-9H2,1-2H3,(H2,16,18). The van der Waals surface area contributed by atoms with Crippen molar-refractivity contribution in [2.24, 2.45) is 11.7 Å². The van der Waals surface area contributed by atoms with Crippen LogP contribution < -0.4 is 11.1 Å². The van der Waals surface area contributed by atoms with E-state index in [1.54, 1.807) is 11.8 Å². The molecule has 2 unspecified atom stereocenters. The lowest BCUT2D eigenvalue weighted by Gasteiger charge is -2.19. The molecule has 0 heterocycles. The molecule has 1 aliphatic rings. The zero-order valence-corrected chi connectivity index (χ0v) is 13.2. The van der Waals surface area contributed by atoms with Gasteiger partial charge in [0.2, 0.25) is 0 Å². The third kappa shape index (κ3) is 3.63. The Morgan fingerprint density at radius 1 is 1.47 bits per heavy atom. The highest BCUT2D eigenvalue weighted by Crippen LogP contribution is 2.32. The summed E-state index contributed by atoms with van der Waals surface area (Å²) in [6.45, 7) is 4.46. The third-order valence-corrected chi connectivity index (χ3v) is 4.77. The quantitative estimate of drug-likeness (QED) is 0.635. The van der Waals surface area contributed by atoms with Crippen LogP contribution in [-0.2, 0) is 0 Å². The number of thioether (sulfide) groups is 1. The van der Waals surface area contributed by atoms with Crippen LogP contribution in [0.3, 0.4) is 0 Å². The molecule has 19 heavy (non-hydrogen) atoms. The van der Waals surface area contributed by atoms with E-state index >= 15 is 0 Å². The van der Waals surface area contributed by atoms with Gasteiger partial charge in [-0.3, -0.25) is 0 Å². The Kier molecular flexibility index (Phi) is 5.11. The maximum Gasteiger partial charge on any atom is 0.107 e. The second-order valence-electron chi connectivity index (χ2n) is 5.24. The highest BCUT2D eigenvalue weighted by atomic mass is 32.2. The van der Waals surface area contributed by atoms with Gasteiger partial charge in [0.25, 0.3) is 0 Å². The van der Waals surface area contributed by atoms with Gasteiger partial charge in [0.15, 0.2) is 0 Å². The predicted molar refractivity (Wildman–Crippen MR) is 89.2 cm³/mol. The molecule has 1 saturated carbocycles. The van der Waals surface area contributed by atoms with Gasteiger partial charge in [0.1, 0.15) is 4.99 Å². The average molecular weight is 294 g/mol. The monoisotopic (exact) mass is 294 g/mol. The number of rotatable bonds is 5. The van der Waals surface area contributed by atoms with Crippen LogP contribution in [0.2, 0.25) is 0 Å². The number of nitrogens with one attached hydrogen (secondary N) is 1. The SMILES string of the molecule is CCSc1cccc(NC2CCC(C)C2)c1C(N)=S. The van der Waals surface area contributed by atoms with Gasteiger partial charge in [-0.25, -0.2) is 0 Å². The Morgan fingerprint density at radius 2 is 2.26 bits per heavy atom. The first-order valence-electron chi connectivity index (χ1n) is 6.94. The highest BCUT2D eigenvalue weighted by Gasteiger charge is 2.22. The van der Waals surface area contributed by atoms with E-state index in [2.05, 4.69) is 37.4 Å². The molecule has 1 aromatic rings. The largest absolute Gasteiger partial charge is 0.389 e. The molecule has 1 aliphatic carbocycles. The highest BCUT2D eigenvalue weighted by molar-refractivity contribution is 7.99. The summed E-state index contributed by atoms with van der Waals surface area (Å²) in [6, 6.07) is 6.84. The lowest BCUT2D eigenvalue weighted by molar-refractivity contribution is 0.602. The van der Waals surface area contributed by atoms with E-state index in [1.165, 1.54) is 24.2 Å². The Bertz CT molecular complexity index is 459. The first-order valence-corrected chi connectivity index (χ1v) is 8.33. The molecule has 2 atom stereocenters. The van der Waals surface area contributed by atoms with Crippen LogP contribution in [0.15, 0.2) is 23.1 Å².